The number of ether oxygens (including phenoxy) is 6. The van der Waals surface area contributed by atoms with Crippen LogP contribution in [-0.4, -0.2) is 98.8 Å². The lowest BCUT2D eigenvalue weighted by Crippen LogP contribution is -2.15. The second-order valence-corrected chi connectivity index (χ2v) is 6.20. The Kier molecular flexibility index (Phi) is 15.2. The molecule has 12 heteroatoms. The van der Waals surface area contributed by atoms with Gasteiger partial charge in [-0.3, -0.25) is 0 Å². The molecule has 0 spiro atoms. The maximum absolute atomic E-state index is 11.7. The summed E-state index contributed by atoms with van der Waals surface area (Å²) in [5, 5.41) is 36.2. The van der Waals surface area contributed by atoms with Crippen molar-refractivity contribution in [3.63, 3.8) is 0 Å². The van der Waals surface area contributed by atoms with E-state index in [0.717, 1.165) is 0 Å². The van der Waals surface area contributed by atoms with Gasteiger partial charge in [-0.1, -0.05) is 0 Å². The molecule has 0 aliphatic carbocycles. The molecule has 0 aliphatic heterocycles. The third-order valence-corrected chi connectivity index (χ3v) is 3.83. The summed E-state index contributed by atoms with van der Waals surface area (Å²) in [7, 11) is 0. The number of benzene rings is 1. The van der Waals surface area contributed by atoms with Gasteiger partial charge >= 0.3 is 11.9 Å². The van der Waals surface area contributed by atoms with Crippen molar-refractivity contribution in [1.29, 1.82) is 0 Å². The molecule has 0 bridgehead atoms. The Morgan fingerprint density at radius 2 is 1.06 bits per heavy atom. The molecule has 0 saturated heterocycles. The van der Waals surface area contributed by atoms with Crippen molar-refractivity contribution >= 4 is 11.9 Å². The molecule has 0 unspecified atom stereocenters. The lowest BCUT2D eigenvalue weighted by Gasteiger charge is -2.14. The van der Waals surface area contributed by atoms with E-state index < -0.39 is 11.9 Å². The van der Waals surface area contributed by atoms with Crippen molar-refractivity contribution in [2.24, 2.45) is 0 Å². The number of aliphatic hydroxyl groups excluding tert-OH is 2. The molecule has 0 aliphatic rings. The van der Waals surface area contributed by atoms with Crippen LogP contribution >= 0.6 is 0 Å². The zero-order chi connectivity index (χ0) is 23.6. The fourth-order valence-electron chi connectivity index (χ4n) is 2.46. The second-order valence-electron chi connectivity index (χ2n) is 6.20. The highest BCUT2D eigenvalue weighted by molar-refractivity contribution is 5.97. The summed E-state index contributed by atoms with van der Waals surface area (Å²) in [6.07, 6.45) is 0. The quantitative estimate of drug-likeness (QED) is 0.152. The number of rotatable bonds is 20. The van der Waals surface area contributed by atoms with Crippen LogP contribution in [0.4, 0.5) is 0 Å². The van der Waals surface area contributed by atoms with Crippen LogP contribution < -0.4 is 0 Å². The molecule has 182 valence electrons. The highest BCUT2D eigenvalue weighted by Gasteiger charge is 2.20. The molecule has 4 N–H and O–H groups in total. The van der Waals surface area contributed by atoms with Gasteiger partial charge in [0.15, 0.2) is 0 Å². The van der Waals surface area contributed by atoms with Gasteiger partial charge in [-0.05, 0) is 17.7 Å². The number of carboxylic acids is 2. The summed E-state index contributed by atoms with van der Waals surface area (Å²) in [5.74, 6) is -2.60. The summed E-state index contributed by atoms with van der Waals surface area (Å²) < 4.78 is 30.9. The van der Waals surface area contributed by atoms with Crippen LogP contribution in [0.5, 0.6) is 0 Å². The Morgan fingerprint density at radius 3 is 1.50 bits per heavy atom. The molecule has 1 rings (SSSR count). The first kappa shape index (κ1) is 27.9. The summed E-state index contributed by atoms with van der Waals surface area (Å²) in [6, 6.07) is 2.64. The average molecular weight is 462 g/mol. The van der Waals surface area contributed by atoms with E-state index in [1.54, 1.807) is 0 Å². The molecule has 0 atom stereocenters. The lowest BCUT2D eigenvalue weighted by atomic mass is 9.98. The van der Waals surface area contributed by atoms with Gasteiger partial charge in [0.1, 0.15) is 13.6 Å². The number of hydrogen-bond acceptors (Lipinski definition) is 10. The molecule has 0 fully saturated rings. The first-order chi connectivity index (χ1) is 15.5. The van der Waals surface area contributed by atoms with Crippen molar-refractivity contribution in [2.75, 3.05) is 66.4 Å². The van der Waals surface area contributed by atoms with Gasteiger partial charge in [0.25, 0.3) is 0 Å². The SMILES string of the molecule is O=C(O)c1cc(COCOCCOCCO)cc(C(=O)O)c1COCOCCOCCO. The standard InChI is InChI=1S/C20H30O12/c21-1-3-27-5-7-29-13-31-11-15-9-16(19(23)24)18(17(10-15)20(25)26)12-32-14-30-8-6-28-4-2-22/h9-10,21-22H,1-8,11-14H2,(H,23,24)(H,25,26). The van der Waals surface area contributed by atoms with Gasteiger partial charge in [-0.25, -0.2) is 9.59 Å². The van der Waals surface area contributed by atoms with Crippen LogP contribution in [0.15, 0.2) is 12.1 Å². The molecule has 0 heterocycles. The molecular formula is C20H30O12. The maximum Gasteiger partial charge on any atom is 0.336 e. The van der Waals surface area contributed by atoms with Crippen molar-refractivity contribution in [3.05, 3.63) is 34.4 Å². The Morgan fingerprint density at radius 1 is 0.625 bits per heavy atom. The number of carboxylic acid groups (broad SMARTS) is 2. The van der Waals surface area contributed by atoms with Crippen LogP contribution in [0.3, 0.4) is 0 Å². The molecule has 0 saturated carbocycles. The predicted molar refractivity (Wildman–Crippen MR) is 107 cm³/mol. The van der Waals surface area contributed by atoms with Gasteiger partial charge < -0.3 is 48.8 Å². The summed E-state index contributed by atoms with van der Waals surface area (Å²) in [4.78, 5) is 23.3. The molecule has 1 aromatic carbocycles. The lowest BCUT2D eigenvalue weighted by molar-refractivity contribution is -0.0780. The largest absolute Gasteiger partial charge is 0.478 e. The summed E-state index contributed by atoms with van der Waals surface area (Å²) in [5.41, 5.74) is -0.0756. The Labute approximate surface area is 185 Å². The van der Waals surface area contributed by atoms with Gasteiger partial charge in [-0.15, -0.1) is 0 Å². The van der Waals surface area contributed by atoms with Gasteiger partial charge in [0.2, 0.25) is 0 Å². The third-order valence-electron chi connectivity index (χ3n) is 3.83. The van der Waals surface area contributed by atoms with Crippen molar-refractivity contribution < 1.29 is 58.4 Å². The van der Waals surface area contributed by atoms with E-state index in [1.165, 1.54) is 12.1 Å². The summed E-state index contributed by atoms with van der Waals surface area (Å²) in [6.45, 7) is 0.566. The Hall–Kier alpha value is -2.16. The molecule has 0 aromatic heterocycles. The molecule has 1 aromatic rings. The van der Waals surface area contributed by atoms with E-state index in [2.05, 4.69) is 0 Å². The number of aromatic carboxylic acids is 2. The van der Waals surface area contributed by atoms with Gasteiger partial charge in [0.05, 0.1) is 77.2 Å². The van der Waals surface area contributed by atoms with E-state index in [1.807, 2.05) is 0 Å². The number of hydrogen-bond donors (Lipinski definition) is 4. The van der Waals surface area contributed by atoms with Crippen molar-refractivity contribution in [1.82, 2.24) is 0 Å². The topological polar surface area (TPSA) is 170 Å². The normalized spacial score (nSPS) is 11.1. The van der Waals surface area contributed by atoms with E-state index >= 15 is 0 Å². The first-order valence-corrected chi connectivity index (χ1v) is 9.81. The molecule has 32 heavy (non-hydrogen) atoms. The molecule has 12 nitrogen and oxygen atoms in total. The van der Waals surface area contributed by atoms with E-state index in [9.17, 15) is 19.8 Å². The monoisotopic (exact) mass is 462 g/mol. The maximum atomic E-state index is 11.7. The highest BCUT2D eigenvalue weighted by atomic mass is 16.7. The minimum atomic E-state index is -1.30. The smallest absolute Gasteiger partial charge is 0.336 e. The number of aliphatic hydroxyl groups is 2. The van der Waals surface area contributed by atoms with Crippen molar-refractivity contribution in [2.45, 2.75) is 13.2 Å². The third kappa shape index (κ3) is 11.5. The van der Waals surface area contributed by atoms with Crippen LogP contribution in [0.1, 0.15) is 31.8 Å². The average Bonchev–Trinajstić information content (AvgIpc) is 2.77. The zero-order valence-corrected chi connectivity index (χ0v) is 17.7. The van der Waals surface area contributed by atoms with Crippen LogP contribution in [0.2, 0.25) is 0 Å². The van der Waals surface area contributed by atoms with Crippen LogP contribution in [0, 0.1) is 0 Å². The fourth-order valence-corrected chi connectivity index (χ4v) is 2.46. The van der Waals surface area contributed by atoms with Crippen LogP contribution in [-0.2, 0) is 41.6 Å². The van der Waals surface area contributed by atoms with Crippen LogP contribution in [0.25, 0.3) is 0 Å². The predicted octanol–water partition coefficient (Wildman–Crippen LogP) is 0.0822. The van der Waals surface area contributed by atoms with Crippen molar-refractivity contribution in [3.8, 4) is 0 Å². The second kappa shape index (κ2) is 17.4. The Balaban J connectivity index is 2.60. The highest BCUT2D eigenvalue weighted by Crippen LogP contribution is 2.21. The molecular weight excluding hydrogens is 432 g/mol. The fraction of sp³-hybridized carbons (Fsp3) is 0.600. The number of carbonyl (C=O) groups is 2. The molecule has 0 amide bonds. The zero-order valence-electron chi connectivity index (χ0n) is 17.7. The van der Waals surface area contributed by atoms with E-state index in [-0.39, 0.29) is 96.3 Å². The molecule has 0 radical (unpaired) electrons. The first-order valence-electron chi connectivity index (χ1n) is 9.81. The van der Waals surface area contributed by atoms with Gasteiger partial charge in [0, 0.05) is 5.56 Å². The van der Waals surface area contributed by atoms with Gasteiger partial charge in [-0.2, -0.15) is 0 Å². The summed E-state index contributed by atoms with van der Waals surface area (Å²) >= 11 is 0. The van der Waals surface area contributed by atoms with E-state index in [4.69, 9.17) is 38.6 Å². The minimum Gasteiger partial charge on any atom is -0.478 e. The Bertz CT molecular complexity index is 644. The minimum absolute atomic E-state index is 0.00571. The van der Waals surface area contributed by atoms with E-state index in [0.29, 0.717) is 5.56 Å².